The van der Waals surface area contributed by atoms with Crippen LogP contribution in [0.5, 0.6) is 0 Å². The van der Waals surface area contributed by atoms with Gasteiger partial charge in [0.05, 0.1) is 18.9 Å². The molecule has 1 atom stereocenters. The number of hydrogen-bond donors (Lipinski definition) is 0. The van der Waals surface area contributed by atoms with E-state index >= 15 is 0 Å². The molecule has 0 aliphatic heterocycles. The molecule has 0 aliphatic carbocycles. The van der Waals surface area contributed by atoms with Gasteiger partial charge in [-0.3, -0.25) is 0 Å². The van der Waals surface area contributed by atoms with Gasteiger partial charge < -0.3 is 0 Å². The van der Waals surface area contributed by atoms with Crippen LogP contribution in [0.25, 0.3) is 0 Å². The molecule has 1 aromatic rings. The molecular weight excluding hydrogens is 313 g/mol. The molecule has 1 unspecified atom stereocenters. The van der Waals surface area contributed by atoms with Crippen molar-refractivity contribution in [3.63, 3.8) is 0 Å². The van der Waals surface area contributed by atoms with Crippen molar-refractivity contribution >= 4 is 49.9 Å². The first-order valence-corrected chi connectivity index (χ1v) is 5.32. The van der Waals surface area contributed by atoms with Gasteiger partial charge in [0.1, 0.15) is 0 Å². The Morgan fingerprint density at radius 2 is 2.56 bits per heavy atom. The highest BCUT2D eigenvalue weighted by Gasteiger charge is 2.07. The van der Waals surface area contributed by atoms with E-state index in [0.29, 0.717) is 4.83 Å². The molecule has 9 heavy (non-hydrogen) atoms. The average molecular weight is 318 g/mol. The second kappa shape index (κ2) is 3.30. The van der Waals surface area contributed by atoms with Gasteiger partial charge in [-0.1, -0.05) is 15.9 Å². The molecule has 0 bridgehead atoms. The van der Waals surface area contributed by atoms with E-state index in [9.17, 15) is 0 Å². The van der Waals surface area contributed by atoms with E-state index in [0.717, 1.165) is 5.69 Å². The summed E-state index contributed by atoms with van der Waals surface area (Å²) in [5, 5.41) is 0. The molecule has 0 radical (unpaired) electrons. The van der Waals surface area contributed by atoms with E-state index in [4.69, 9.17) is 0 Å². The molecule has 0 N–H and O–H groups in total. The van der Waals surface area contributed by atoms with Crippen molar-refractivity contribution in [2.24, 2.45) is 0 Å². The third-order valence-electron chi connectivity index (χ3n) is 0.926. The molecule has 0 fully saturated rings. The standard InChI is InChI=1S/C5H5BrINS/c1-3(6)4-5(7)9-2-8-4/h2-3H,1H3. The van der Waals surface area contributed by atoms with Gasteiger partial charge in [-0.15, -0.1) is 11.3 Å². The third kappa shape index (κ3) is 1.88. The van der Waals surface area contributed by atoms with E-state index in [2.05, 4.69) is 50.4 Å². The predicted molar refractivity (Wildman–Crippen MR) is 52.2 cm³/mol. The maximum absolute atomic E-state index is 4.18. The van der Waals surface area contributed by atoms with Crippen LogP contribution in [0.2, 0.25) is 0 Å². The topological polar surface area (TPSA) is 12.9 Å². The summed E-state index contributed by atoms with van der Waals surface area (Å²) >= 11 is 7.43. The summed E-state index contributed by atoms with van der Waals surface area (Å²) in [5.74, 6) is 0. The van der Waals surface area contributed by atoms with E-state index < -0.39 is 0 Å². The fourth-order valence-electron chi connectivity index (χ4n) is 0.500. The molecule has 1 aromatic heterocycles. The molecule has 0 spiro atoms. The summed E-state index contributed by atoms with van der Waals surface area (Å²) in [5.41, 5.74) is 3.02. The molecule has 0 saturated heterocycles. The van der Waals surface area contributed by atoms with E-state index in [1.165, 1.54) is 2.88 Å². The highest BCUT2D eigenvalue weighted by atomic mass is 127. The van der Waals surface area contributed by atoms with Gasteiger partial charge in [0.25, 0.3) is 0 Å². The maximum Gasteiger partial charge on any atom is 0.0895 e. The molecule has 1 rings (SSSR count). The first kappa shape index (κ1) is 7.94. The Balaban J connectivity index is 2.94. The summed E-state index contributed by atoms with van der Waals surface area (Å²) < 4.78 is 1.27. The van der Waals surface area contributed by atoms with Crippen LogP contribution in [0.15, 0.2) is 5.51 Å². The second-order valence-corrected chi connectivity index (χ2v) is 5.67. The number of aromatic nitrogens is 1. The first-order valence-electron chi connectivity index (χ1n) is 2.44. The Hall–Kier alpha value is 0.840. The Labute approximate surface area is 80.2 Å². The van der Waals surface area contributed by atoms with Crippen LogP contribution in [0.3, 0.4) is 0 Å². The molecule has 0 saturated carbocycles. The molecule has 0 amide bonds. The summed E-state index contributed by atoms with van der Waals surface area (Å²) in [6, 6.07) is 0. The van der Waals surface area contributed by atoms with Gasteiger partial charge in [0.15, 0.2) is 0 Å². The summed E-state index contributed by atoms with van der Waals surface area (Å²) in [6.45, 7) is 2.08. The van der Waals surface area contributed by atoms with Crippen LogP contribution in [0.4, 0.5) is 0 Å². The summed E-state index contributed by atoms with van der Waals surface area (Å²) in [4.78, 5) is 4.56. The highest BCUT2D eigenvalue weighted by Crippen LogP contribution is 2.27. The third-order valence-corrected chi connectivity index (χ3v) is 3.30. The van der Waals surface area contributed by atoms with E-state index in [-0.39, 0.29) is 0 Å². The Morgan fingerprint density at radius 1 is 1.89 bits per heavy atom. The molecule has 0 aromatic carbocycles. The van der Waals surface area contributed by atoms with Gasteiger partial charge in [-0.25, -0.2) is 4.98 Å². The zero-order chi connectivity index (χ0) is 6.85. The van der Waals surface area contributed by atoms with Crippen LogP contribution in [0, 0.1) is 2.88 Å². The van der Waals surface area contributed by atoms with Gasteiger partial charge in [0.2, 0.25) is 0 Å². The van der Waals surface area contributed by atoms with Crippen LogP contribution in [0.1, 0.15) is 17.4 Å². The molecule has 1 nitrogen and oxygen atoms in total. The van der Waals surface area contributed by atoms with Crippen molar-refractivity contribution in [1.29, 1.82) is 0 Å². The quantitative estimate of drug-likeness (QED) is 0.572. The SMILES string of the molecule is CC(Br)c1ncsc1I. The van der Waals surface area contributed by atoms with Gasteiger partial charge in [0, 0.05) is 0 Å². The molecule has 1 heterocycles. The van der Waals surface area contributed by atoms with Crippen LogP contribution in [-0.2, 0) is 0 Å². The minimum atomic E-state index is 0.385. The van der Waals surface area contributed by atoms with E-state index in [1.54, 1.807) is 11.3 Å². The van der Waals surface area contributed by atoms with Crippen molar-refractivity contribution < 1.29 is 0 Å². The van der Waals surface area contributed by atoms with Crippen molar-refractivity contribution in [2.75, 3.05) is 0 Å². The molecular formula is C5H5BrINS. The Kier molecular flexibility index (Phi) is 2.91. The van der Waals surface area contributed by atoms with Crippen LogP contribution < -0.4 is 0 Å². The summed E-state index contributed by atoms with van der Waals surface area (Å²) in [7, 11) is 0. The summed E-state index contributed by atoms with van der Waals surface area (Å²) in [6.07, 6.45) is 0. The Bertz CT molecular complexity index is 199. The molecule has 0 aliphatic rings. The fraction of sp³-hybridized carbons (Fsp3) is 0.400. The number of nitrogens with zero attached hydrogens (tertiary/aromatic N) is 1. The van der Waals surface area contributed by atoms with E-state index in [1.807, 2.05) is 5.51 Å². The number of hydrogen-bond acceptors (Lipinski definition) is 2. The monoisotopic (exact) mass is 317 g/mol. The second-order valence-electron chi connectivity index (χ2n) is 1.63. The number of rotatable bonds is 1. The van der Waals surface area contributed by atoms with Crippen molar-refractivity contribution in [2.45, 2.75) is 11.8 Å². The van der Waals surface area contributed by atoms with Crippen molar-refractivity contribution in [3.8, 4) is 0 Å². The van der Waals surface area contributed by atoms with Crippen LogP contribution >= 0.6 is 49.9 Å². The predicted octanol–water partition coefficient (Wildman–Crippen LogP) is 3.20. The zero-order valence-electron chi connectivity index (χ0n) is 4.77. The number of halogens is 2. The normalized spacial score (nSPS) is 13.7. The first-order chi connectivity index (χ1) is 4.22. The molecule has 4 heteroatoms. The number of thiazole rings is 1. The lowest BCUT2D eigenvalue weighted by molar-refractivity contribution is 1.04. The molecule has 50 valence electrons. The Morgan fingerprint density at radius 3 is 2.78 bits per heavy atom. The minimum Gasteiger partial charge on any atom is -0.247 e. The fourth-order valence-corrected chi connectivity index (χ4v) is 2.98. The van der Waals surface area contributed by atoms with Gasteiger partial charge >= 0.3 is 0 Å². The smallest absolute Gasteiger partial charge is 0.0895 e. The highest BCUT2D eigenvalue weighted by molar-refractivity contribution is 14.1. The zero-order valence-corrected chi connectivity index (χ0v) is 9.33. The lowest BCUT2D eigenvalue weighted by atomic mass is 10.4. The van der Waals surface area contributed by atoms with Gasteiger partial charge in [-0.05, 0) is 29.5 Å². The van der Waals surface area contributed by atoms with Crippen molar-refractivity contribution in [3.05, 3.63) is 14.1 Å². The average Bonchev–Trinajstić information content (AvgIpc) is 2.13. The lowest BCUT2D eigenvalue weighted by Crippen LogP contribution is -1.84. The van der Waals surface area contributed by atoms with Crippen LogP contribution in [-0.4, -0.2) is 4.98 Å². The minimum absolute atomic E-state index is 0.385. The lowest BCUT2D eigenvalue weighted by Gasteiger charge is -1.95. The largest absolute Gasteiger partial charge is 0.247 e. The number of alkyl halides is 1. The van der Waals surface area contributed by atoms with Gasteiger partial charge in [-0.2, -0.15) is 0 Å². The maximum atomic E-state index is 4.18. The van der Waals surface area contributed by atoms with Crippen molar-refractivity contribution in [1.82, 2.24) is 4.98 Å².